The molecule has 3 fully saturated rings. The minimum absolute atomic E-state index is 0.00611. The zero-order chi connectivity index (χ0) is 23.9. The van der Waals surface area contributed by atoms with Gasteiger partial charge < -0.3 is 20.9 Å². The smallest absolute Gasteiger partial charge is 0.252 e. The van der Waals surface area contributed by atoms with Crippen molar-refractivity contribution in [3.8, 4) is 5.75 Å². The first-order valence-electron chi connectivity index (χ1n) is 12.9. The number of likely N-dealkylation sites (tertiary alicyclic amines) is 1. The highest BCUT2D eigenvalue weighted by Crippen LogP contribution is 2.64. The number of nitrogens with two attached hydrogens (primary N) is 1. The van der Waals surface area contributed by atoms with E-state index in [-0.39, 0.29) is 18.0 Å². The number of aliphatic hydroxyl groups is 1. The monoisotopic (exact) mass is 473 g/mol. The van der Waals surface area contributed by atoms with Gasteiger partial charge in [0.25, 0.3) is 11.8 Å². The van der Waals surface area contributed by atoms with Gasteiger partial charge >= 0.3 is 0 Å². The van der Waals surface area contributed by atoms with Crippen LogP contribution in [0, 0.1) is 5.92 Å². The Hall–Kier alpha value is -2.90. The molecule has 0 unspecified atom stereocenters. The average molecular weight is 474 g/mol. The summed E-state index contributed by atoms with van der Waals surface area (Å²) in [6.07, 6.45) is 4.77. The Labute approximate surface area is 204 Å². The lowest BCUT2D eigenvalue weighted by Gasteiger charge is -2.64. The topological polar surface area (TPSA) is 105 Å². The number of carbonyl (C=O) groups excluding carboxylic acids is 2. The van der Waals surface area contributed by atoms with Gasteiger partial charge in [-0.25, -0.2) is 0 Å². The zero-order valence-corrected chi connectivity index (χ0v) is 19.7. The molecule has 2 bridgehead atoms. The van der Waals surface area contributed by atoms with E-state index in [0.29, 0.717) is 29.7 Å². The molecular weight excluding hydrogens is 442 g/mol. The van der Waals surface area contributed by atoms with Crippen molar-refractivity contribution in [2.24, 2.45) is 11.7 Å². The highest BCUT2D eigenvalue weighted by atomic mass is 16.5. The van der Waals surface area contributed by atoms with Gasteiger partial charge in [0.1, 0.15) is 11.9 Å². The lowest BCUT2D eigenvalue weighted by Crippen LogP contribution is -2.78. The van der Waals surface area contributed by atoms with E-state index in [9.17, 15) is 14.7 Å². The van der Waals surface area contributed by atoms with E-state index in [4.69, 9.17) is 10.5 Å². The fraction of sp³-hybridized carbons (Fsp3) is 0.500. The molecule has 2 heterocycles. The van der Waals surface area contributed by atoms with Gasteiger partial charge in [0, 0.05) is 23.7 Å². The van der Waals surface area contributed by atoms with Crippen molar-refractivity contribution >= 4 is 11.8 Å². The Bertz CT molecular complexity index is 1230. The van der Waals surface area contributed by atoms with Crippen LogP contribution in [0.5, 0.6) is 5.75 Å². The van der Waals surface area contributed by atoms with Crippen LogP contribution in [-0.4, -0.2) is 58.7 Å². The van der Waals surface area contributed by atoms with Gasteiger partial charge in [-0.05, 0) is 74.8 Å². The van der Waals surface area contributed by atoms with Gasteiger partial charge in [-0.2, -0.15) is 0 Å². The van der Waals surface area contributed by atoms with Crippen LogP contribution < -0.4 is 15.8 Å². The van der Waals surface area contributed by atoms with Crippen molar-refractivity contribution in [2.75, 3.05) is 13.1 Å². The fourth-order valence-corrected chi connectivity index (χ4v) is 7.68. The molecule has 0 aromatic heterocycles. The Balaban J connectivity index is 1.33. The van der Waals surface area contributed by atoms with E-state index in [1.165, 1.54) is 12.8 Å². The van der Waals surface area contributed by atoms with E-state index in [1.807, 2.05) is 24.3 Å². The molecule has 5 aliphatic rings. The first-order chi connectivity index (χ1) is 16.9. The molecule has 2 saturated carbocycles. The molecule has 7 rings (SSSR count). The van der Waals surface area contributed by atoms with Gasteiger partial charge in [0.2, 0.25) is 0 Å². The summed E-state index contributed by atoms with van der Waals surface area (Å²) in [5.41, 5.74) is 7.16. The molecule has 35 heavy (non-hydrogen) atoms. The minimum Gasteiger partial charge on any atom is -0.486 e. The number of piperidine rings is 1. The highest BCUT2D eigenvalue weighted by Gasteiger charge is 2.73. The lowest BCUT2D eigenvalue weighted by molar-refractivity contribution is -0.191. The number of benzene rings is 2. The van der Waals surface area contributed by atoms with Crippen LogP contribution in [0.1, 0.15) is 63.9 Å². The minimum atomic E-state index is -0.979. The summed E-state index contributed by atoms with van der Waals surface area (Å²) in [6.45, 7) is 1.91. The predicted octanol–water partition coefficient (Wildman–Crippen LogP) is 2.15. The number of primary amides is 1. The molecule has 0 radical (unpaired) electrons. The Morgan fingerprint density at radius 1 is 1.11 bits per heavy atom. The largest absolute Gasteiger partial charge is 0.486 e. The average Bonchev–Trinajstić information content (AvgIpc) is 3.60. The summed E-state index contributed by atoms with van der Waals surface area (Å²) in [4.78, 5) is 28.0. The van der Waals surface area contributed by atoms with Crippen LogP contribution in [0.2, 0.25) is 0 Å². The number of rotatable bonds is 5. The molecule has 1 saturated heterocycles. The van der Waals surface area contributed by atoms with Gasteiger partial charge in [0.05, 0.1) is 22.6 Å². The molecule has 2 amide bonds. The van der Waals surface area contributed by atoms with Crippen molar-refractivity contribution in [3.63, 3.8) is 0 Å². The first kappa shape index (κ1) is 21.4. The van der Waals surface area contributed by atoms with Crippen molar-refractivity contribution in [3.05, 3.63) is 64.7 Å². The van der Waals surface area contributed by atoms with Crippen molar-refractivity contribution in [2.45, 2.75) is 67.7 Å². The molecular formula is C28H31N3O4. The molecule has 3 aliphatic carbocycles. The number of amides is 2. The van der Waals surface area contributed by atoms with Crippen LogP contribution in [0.4, 0.5) is 0 Å². The van der Waals surface area contributed by atoms with Crippen molar-refractivity contribution in [1.29, 1.82) is 0 Å². The molecule has 7 heteroatoms. The Morgan fingerprint density at radius 2 is 1.91 bits per heavy atom. The Kier molecular flexibility index (Phi) is 4.46. The van der Waals surface area contributed by atoms with Crippen LogP contribution >= 0.6 is 0 Å². The van der Waals surface area contributed by atoms with Crippen LogP contribution in [0.15, 0.2) is 42.5 Å². The number of nitrogens with zero attached hydrogens (tertiary/aromatic N) is 1. The maximum absolute atomic E-state index is 13.1. The number of hydrogen-bond donors (Lipinski definition) is 3. The maximum Gasteiger partial charge on any atom is 0.252 e. The number of ether oxygens (including phenoxy) is 1. The van der Waals surface area contributed by atoms with Gasteiger partial charge in [-0.15, -0.1) is 0 Å². The number of hydrogen-bond acceptors (Lipinski definition) is 5. The van der Waals surface area contributed by atoms with Gasteiger partial charge in [0.15, 0.2) is 0 Å². The normalized spacial score (nSPS) is 34.6. The molecule has 182 valence electrons. The van der Waals surface area contributed by atoms with E-state index < -0.39 is 23.0 Å². The number of nitrogens with one attached hydrogen (secondary N) is 1. The summed E-state index contributed by atoms with van der Waals surface area (Å²) < 4.78 is 6.62. The third-order valence-corrected chi connectivity index (χ3v) is 9.40. The van der Waals surface area contributed by atoms with Crippen LogP contribution in [0.3, 0.4) is 0 Å². The second-order valence-corrected chi connectivity index (χ2v) is 11.2. The molecule has 1 spiro atoms. The van der Waals surface area contributed by atoms with E-state index in [2.05, 4.69) is 10.2 Å². The molecule has 2 aliphatic heterocycles. The second-order valence-electron chi connectivity index (χ2n) is 11.2. The van der Waals surface area contributed by atoms with E-state index >= 15 is 0 Å². The molecule has 2 aromatic rings. The lowest BCUT2D eigenvalue weighted by atomic mass is 9.48. The maximum atomic E-state index is 13.1. The standard InChI is InChI=1S/C28H31N3O4/c29-25(32)19-9-8-18-14-21-28(34)11-10-20(30-26(33)17-4-2-1-3-5-17)24-27(28,22(18)23(19)35-24)12-13-31(21)15-16-6-7-16/h1-5,8-9,16,20-21,24,34H,6-7,10-15H2,(H2,29,32)(H,30,33)/t20-,21-,24+,27+,28-/m1/s1. The predicted molar refractivity (Wildman–Crippen MR) is 129 cm³/mol. The van der Waals surface area contributed by atoms with Gasteiger partial charge in [-0.3, -0.25) is 14.5 Å². The summed E-state index contributed by atoms with van der Waals surface area (Å²) >= 11 is 0. The molecule has 4 N–H and O–H groups in total. The zero-order valence-electron chi connectivity index (χ0n) is 19.7. The molecule has 7 nitrogen and oxygen atoms in total. The summed E-state index contributed by atoms with van der Waals surface area (Å²) in [5.74, 6) is 0.581. The quantitative estimate of drug-likeness (QED) is 0.617. The van der Waals surface area contributed by atoms with Gasteiger partial charge in [-0.1, -0.05) is 24.3 Å². The highest BCUT2D eigenvalue weighted by molar-refractivity contribution is 5.97. The molecule has 5 atom stereocenters. The first-order valence-corrected chi connectivity index (χ1v) is 12.9. The van der Waals surface area contributed by atoms with Crippen molar-refractivity contribution < 1.29 is 19.4 Å². The van der Waals surface area contributed by atoms with Crippen LogP contribution in [0.25, 0.3) is 0 Å². The van der Waals surface area contributed by atoms with E-state index in [0.717, 1.165) is 43.0 Å². The summed E-state index contributed by atoms with van der Waals surface area (Å²) in [7, 11) is 0. The summed E-state index contributed by atoms with van der Waals surface area (Å²) in [6, 6.07) is 12.7. The van der Waals surface area contributed by atoms with E-state index in [1.54, 1.807) is 18.2 Å². The molecule has 2 aromatic carbocycles. The second kappa shape index (κ2) is 7.31. The third kappa shape index (κ3) is 2.85. The van der Waals surface area contributed by atoms with Crippen molar-refractivity contribution in [1.82, 2.24) is 10.2 Å². The summed E-state index contributed by atoms with van der Waals surface area (Å²) in [5, 5.41) is 15.8. The SMILES string of the molecule is NC(=O)c1ccc2c3c1O[C@H]1[C@H](NC(=O)c4ccccc4)CC[C@@]4(O)[C@@H](C2)N(CC2CC2)CC[C@]314. The van der Waals surface area contributed by atoms with Crippen LogP contribution in [-0.2, 0) is 11.8 Å². The Morgan fingerprint density at radius 3 is 2.66 bits per heavy atom. The number of carbonyl (C=O) groups is 2. The third-order valence-electron chi connectivity index (χ3n) is 9.40. The fourth-order valence-electron chi connectivity index (χ4n) is 7.68.